The maximum absolute atomic E-state index is 11.8. The highest BCUT2D eigenvalue weighted by atomic mass is 32.2. The standard InChI is InChI=1S/C14H26N2O3S/c1-3-20-10-4-9-15-13(19)16-14(12(17)18)7-5-11(2)6-8-14/h11H,3-10H2,1-2H3,(H,17,18)(H2,15,16,19). The Morgan fingerprint density at radius 3 is 2.55 bits per heavy atom. The van der Waals surface area contributed by atoms with Gasteiger partial charge in [0.2, 0.25) is 0 Å². The normalized spacial score (nSPS) is 26.0. The highest BCUT2D eigenvalue weighted by Gasteiger charge is 2.42. The van der Waals surface area contributed by atoms with E-state index in [1.807, 2.05) is 11.8 Å². The van der Waals surface area contributed by atoms with Crippen molar-refractivity contribution in [3.63, 3.8) is 0 Å². The van der Waals surface area contributed by atoms with Crippen LogP contribution in [0.2, 0.25) is 0 Å². The van der Waals surface area contributed by atoms with Crippen LogP contribution >= 0.6 is 11.8 Å². The molecule has 0 unspecified atom stereocenters. The third kappa shape index (κ3) is 5.23. The highest BCUT2D eigenvalue weighted by Crippen LogP contribution is 2.32. The van der Waals surface area contributed by atoms with Gasteiger partial charge < -0.3 is 15.7 Å². The van der Waals surface area contributed by atoms with Gasteiger partial charge in [0.05, 0.1) is 0 Å². The molecule has 3 N–H and O–H groups in total. The third-order valence-electron chi connectivity index (χ3n) is 3.85. The molecule has 0 bridgehead atoms. The average Bonchev–Trinajstić information content (AvgIpc) is 2.41. The van der Waals surface area contributed by atoms with Gasteiger partial charge in [-0.25, -0.2) is 9.59 Å². The van der Waals surface area contributed by atoms with Crippen molar-refractivity contribution in [1.82, 2.24) is 10.6 Å². The molecule has 2 amide bonds. The Kier molecular flexibility index (Phi) is 7.19. The maximum Gasteiger partial charge on any atom is 0.329 e. The van der Waals surface area contributed by atoms with Crippen LogP contribution in [0.5, 0.6) is 0 Å². The van der Waals surface area contributed by atoms with Crippen LogP contribution in [0.1, 0.15) is 46.0 Å². The van der Waals surface area contributed by atoms with Crippen LogP contribution in [-0.2, 0) is 4.79 Å². The highest BCUT2D eigenvalue weighted by molar-refractivity contribution is 7.99. The molecule has 1 saturated carbocycles. The van der Waals surface area contributed by atoms with Crippen molar-refractivity contribution in [2.24, 2.45) is 5.92 Å². The summed E-state index contributed by atoms with van der Waals surface area (Å²) in [5.41, 5.74) is -1.07. The van der Waals surface area contributed by atoms with Crippen molar-refractivity contribution < 1.29 is 14.7 Å². The number of carboxylic acid groups (broad SMARTS) is 1. The van der Waals surface area contributed by atoms with Crippen LogP contribution in [0.25, 0.3) is 0 Å². The van der Waals surface area contributed by atoms with E-state index >= 15 is 0 Å². The number of urea groups is 1. The van der Waals surface area contributed by atoms with Gasteiger partial charge in [0, 0.05) is 6.54 Å². The van der Waals surface area contributed by atoms with E-state index < -0.39 is 11.5 Å². The van der Waals surface area contributed by atoms with Crippen molar-refractivity contribution in [2.75, 3.05) is 18.1 Å². The minimum Gasteiger partial charge on any atom is -0.480 e. The largest absolute Gasteiger partial charge is 0.480 e. The zero-order valence-corrected chi connectivity index (χ0v) is 13.2. The number of nitrogens with one attached hydrogen (secondary N) is 2. The van der Waals surface area contributed by atoms with Crippen molar-refractivity contribution in [3.8, 4) is 0 Å². The summed E-state index contributed by atoms with van der Waals surface area (Å²) in [4.78, 5) is 23.3. The first-order valence-corrected chi connectivity index (χ1v) is 8.53. The molecule has 6 heteroatoms. The topological polar surface area (TPSA) is 78.4 Å². The number of carbonyl (C=O) groups is 2. The predicted molar refractivity (Wildman–Crippen MR) is 82.1 cm³/mol. The Bertz CT molecular complexity index is 328. The Labute approximate surface area is 125 Å². The molecule has 0 aromatic carbocycles. The molecular weight excluding hydrogens is 276 g/mol. The lowest BCUT2D eigenvalue weighted by Crippen LogP contribution is -2.58. The second-order valence-electron chi connectivity index (χ2n) is 5.50. The lowest BCUT2D eigenvalue weighted by molar-refractivity contribution is -0.146. The molecule has 1 rings (SSSR count). The third-order valence-corrected chi connectivity index (χ3v) is 4.83. The molecule has 0 aliphatic heterocycles. The number of amides is 2. The van der Waals surface area contributed by atoms with Crippen LogP contribution in [0.15, 0.2) is 0 Å². The number of thioether (sulfide) groups is 1. The zero-order valence-electron chi connectivity index (χ0n) is 12.4. The molecule has 116 valence electrons. The Hall–Kier alpha value is -0.910. The van der Waals surface area contributed by atoms with Crippen LogP contribution < -0.4 is 10.6 Å². The molecule has 0 saturated heterocycles. The van der Waals surface area contributed by atoms with Gasteiger partial charge in [-0.15, -0.1) is 0 Å². The molecule has 1 aliphatic rings. The minimum absolute atomic E-state index is 0.358. The molecule has 0 spiro atoms. The molecule has 5 nitrogen and oxygen atoms in total. The number of hydrogen-bond donors (Lipinski definition) is 3. The van der Waals surface area contributed by atoms with Crippen molar-refractivity contribution in [2.45, 2.75) is 51.5 Å². The summed E-state index contributed by atoms with van der Waals surface area (Å²) >= 11 is 1.83. The maximum atomic E-state index is 11.8. The molecule has 1 fully saturated rings. The molecule has 0 aromatic rings. The van der Waals surface area contributed by atoms with Crippen LogP contribution in [-0.4, -0.2) is 40.7 Å². The quantitative estimate of drug-likeness (QED) is 0.631. The summed E-state index contributed by atoms with van der Waals surface area (Å²) in [6, 6.07) is -0.358. The van der Waals surface area contributed by atoms with Gasteiger partial charge >= 0.3 is 12.0 Å². The smallest absolute Gasteiger partial charge is 0.329 e. The first kappa shape index (κ1) is 17.1. The Morgan fingerprint density at radius 1 is 1.35 bits per heavy atom. The van der Waals surface area contributed by atoms with E-state index in [0.717, 1.165) is 30.8 Å². The van der Waals surface area contributed by atoms with E-state index in [2.05, 4.69) is 24.5 Å². The molecule has 0 radical (unpaired) electrons. The predicted octanol–water partition coefficient (Wildman–Crippen LogP) is 2.46. The van der Waals surface area contributed by atoms with Crippen molar-refractivity contribution in [1.29, 1.82) is 0 Å². The lowest BCUT2D eigenvalue weighted by atomic mass is 9.77. The van der Waals surface area contributed by atoms with Crippen molar-refractivity contribution in [3.05, 3.63) is 0 Å². The number of hydrogen-bond acceptors (Lipinski definition) is 3. The fourth-order valence-electron chi connectivity index (χ4n) is 2.43. The van der Waals surface area contributed by atoms with Gasteiger partial charge in [-0.05, 0) is 49.5 Å². The fraction of sp³-hybridized carbons (Fsp3) is 0.857. The van der Waals surface area contributed by atoms with Crippen LogP contribution in [0.4, 0.5) is 4.79 Å². The van der Waals surface area contributed by atoms with E-state index in [1.165, 1.54) is 0 Å². The fourth-order valence-corrected chi connectivity index (χ4v) is 3.07. The summed E-state index contributed by atoms with van der Waals surface area (Å²) in [5, 5.41) is 14.9. The summed E-state index contributed by atoms with van der Waals surface area (Å²) < 4.78 is 0. The van der Waals surface area contributed by atoms with Gasteiger partial charge in [0.25, 0.3) is 0 Å². The summed E-state index contributed by atoms with van der Waals surface area (Å²) in [6.07, 6.45) is 3.63. The van der Waals surface area contributed by atoms with E-state index in [-0.39, 0.29) is 6.03 Å². The van der Waals surface area contributed by atoms with E-state index in [9.17, 15) is 14.7 Å². The van der Waals surface area contributed by atoms with E-state index in [1.54, 1.807) is 0 Å². The zero-order chi connectivity index (χ0) is 15.0. The Balaban J connectivity index is 2.38. The van der Waals surface area contributed by atoms with Gasteiger partial charge in [0.1, 0.15) is 5.54 Å². The minimum atomic E-state index is -1.07. The van der Waals surface area contributed by atoms with Gasteiger partial charge in [-0.3, -0.25) is 0 Å². The average molecular weight is 302 g/mol. The number of rotatable bonds is 7. The number of carboxylic acids is 1. The second-order valence-corrected chi connectivity index (χ2v) is 6.90. The van der Waals surface area contributed by atoms with Crippen LogP contribution in [0.3, 0.4) is 0 Å². The van der Waals surface area contributed by atoms with Crippen LogP contribution in [0, 0.1) is 5.92 Å². The van der Waals surface area contributed by atoms with E-state index in [0.29, 0.717) is 25.3 Å². The monoisotopic (exact) mass is 302 g/mol. The lowest BCUT2D eigenvalue weighted by Gasteiger charge is -2.36. The van der Waals surface area contributed by atoms with Crippen molar-refractivity contribution >= 4 is 23.8 Å². The summed E-state index contributed by atoms with van der Waals surface area (Å²) in [5.74, 6) is 1.71. The molecule has 20 heavy (non-hydrogen) atoms. The van der Waals surface area contributed by atoms with Gasteiger partial charge in [-0.1, -0.05) is 13.8 Å². The first-order valence-electron chi connectivity index (χ1n) is 7.37. The Morgan fingerprint density at radius 2 is 2.00 bits per heavy atom. The summed E-state index contributed by atoms with van der Waals surface area (Å²) in [6.45, 7) is 4.81. The van der Waals surface area contributed by atoms with Gasteiger partial charge in [0.15, 0.2) is 0 Å². The van der Waals surface area contributed by atoms with E-state index in [4.69, 9.17) is 0 Å². The number of carbonyl (C=O) groups excluding carboxylic acids is 1. The molecular formula is C14H26N2O3S. The van der Waals surface area contributed by atoms with Gasteiger partial charge in [-0.2, -0.15) is 11.8 Å². The SMILES string of the molecule is CCSCCCNC(=O)NC1(C(=O)O)CCC(C)CC1. The number of aliphatic carboxylic acids is 1. The second kappa shape index (κ2) is 8.39. The molecule has 0 heterocycles. The summed E-state index contributed by atoms with van der Waals surface area (Å²) in [7, 11) is 0. The molecule has 1 aliphatic carbocycles. The molecule has 0 aromatic heterocycles. The first-order chi connectivity index (χ1) is 9.50. The molecule has 0 atom stereocenters.